The number of amides is 4. The summed E-state index contributed by atoms with van der Waals surface area (Å²) in [6.45, 7) is 8.81. The van der Waals surface area contributed by atoms with Gasteiger partial charge in [0.05, 0.1) is 38.2 Å². The van der Waals surface area contributed by atoms with Gasteiger partial charge in [0.2, 0.25) is 11.8 Å². The summed E-state index contributed by atoms with van der Waals surface area (Å²) in [5.74, 6) is 0.214. The topological polar surface area (TPSA) is 171 Å². The third-order valence-electron chi connectivity index (χ3n) is 11.1. The lowest BCUT2D eigenvalue weighted by atomic mass is 9.97. The average molecular weight is 752 g/mol. The Kier molecular flexibility index (Phi) is 10.7. The lowest BCUT2D eigenvalue weighted by molar-refractivity contribution is -0.135. The Hall–Kier alpha value is -5.66. The number of methoxy groups -OCH3 is 2. The second kappa shape index (κ2) is 15.6. The van der Waals surface area contributed by atoms with Crippen LogP contribution >= 0.6 is 0 Å². The minimum absolute atomic E-state index is 0.0994. The molecule has 0 radical (unpaired) electrons. The molecule has 2 saturated heterocycles. The molecule has 2 aromatic heterocycles. The standard InChI is InChI=1S/C41H49N7O7/c1-22(2)35(45-40(51)53-5)38(49)47-15-7-9-31(47)29-17-26(20-42-29)24-11-13-27-28-14-12-25(19-34(28)55-33(27)18-24)30-21-43-37(44-30)32-10-8-16-48(32)39(50)36(23(3)4)46-41(52)54-6/h11-14,18-23,31-32,35-36H,7-10,15-17H2,1-6H3,(H,43,44)(H,45,51)(H,46,52)/t31-,32-,35-,36-/m0/s1. The fraction of sp³-hybridized carbons (Fsp3) is 0.463. The largest absolute Gasteiger partial charge is 0.456 e. The molecule has 0 spiro atoms. The first kappa shape index (κ1) is 37.6. The van der Waals surface area contributed by atoms with Crippen LogP contribution in [0.5, 0.6) is 0 Å². The van der Waals surface area contributed by atoms with Crippen LogP contribution in [-0.4, -0.2) is 94.9 Å². The summed E-state index contributed by atoms with van der Waals surface area (Å²) in [4.78, 5) is 67.8. The van der Waals surface area contributed by atoms with Gasteiger partial charge in [0.1, 0.15) is 29.1 Å². The Balaban J connectivity index is 1.05. The quantitative estimate of drug-likeness (QED) is 0.163. The predicted molar refractivity (Wildman–Crippen MR) is 208 cm³/mol. The third kappa shape index (κ3) is 7.41. The van der Waals surface area contributed by atoms with Crippen molar-refractivity contribution in [2.75, 3.05) is 27.3 Å². The van der Waals surface area contributed by atoms with E-state index in [1.165, 1.54) is 14.2 Å². The molecule has 290 valence electrons. The number of rotatable bonds is 10. The number of fused-ring (bicyclic) bond motifs is 3. The van der Waals surface area contributed by atoms with E-state index in [0.29, 0.717) is 25.3 Å². The molecule has 7 rings (SSSR count). The monoisotopic (exact) mass is 751 g/mol. The van der Waals surface area contributed by atoms with E-state index < -0.39 is 24.3 Å². The van der Waals surface area contributed by atoms with Crippen molar-refractivity contribution < 1.29 is 33.1 Å². The molecular weight excluding hydrogens is 702 g/mol. The SMILES string of the molecule is COC(=O)N[C@H](C(=O)N1CCC[C@H]1C1=NC=C(c2ccc3c(c2)oc2cc(-c4cnc([C@@H]5CCCN5C(=O)[C@@H](NC(=O)OC)C(C)C)[nH]4)ccc23)C1)C(C)C. The van der Waals surface area contributed by atoms with E-state index in [1.807, 2.05) is 57.0 Å². The van der Waals surface area contributed by atoms with E-state index in [4.69, 9.17) is 23.9 Å². The Morgan fingerprint density at radius 3 is 1.93 bits per heavy atom. The summed E-state index contributed by atoms with van der Waals surface area (Å²) in [5, 5.41) is 7.40. The number of aliphatic imine (C=N–C) groups is 1. The summed E-state index contributed by atoms with van der Waals surface area (Å²) < 4.78 is 16.0. The lowest BCUT2D eigenvalue weighted by Gasteiger charge is -2.31. The smallest absolute Gasteiger partial charge is 0.407 e. The van der Waals surface area contributed by atoms with Crippen LogP contribution in [0, 0.1) is 11.8 Å². The van der Waals surface area contributed by atoms with Crippen LogP contribution < -0.4 is 10.6 Å². The fourth-order valence-corrected chi connectivity index (χ4v) is 8.07. The number of nitrogens with one attached hydrogen (secondary N) is 3. The van der Waals surface area contributed by atoms with Crippen molar-refractivity contribution in [2.24, 2.45) is 16.8 Å². The summed E-state index contributed by atoms with van der Waals surface area (Å²) in [5.41, 5.74) is 6.21. The molecule has 4 aromatic rings. The van der Waals surface area contributed by atoms with Crippen molar-refractivity contribution in [3.63, 3.8) is 0 Å². The van der Waals surface area contributed by atoms with Crippen molar-refractivity contribution in [3.05, 3.63) is 60.2 Å². The molecule has 55 heavy (non-hydrogen) atoms. The lowest BCUT2D eigenvalue weighted by Crippen LogP contribution is -2.53. The van der Waals surface area contributed by atoms with Gasteiger partial charge < -0.3 is 39.3 Å². The average Bonchev–Trinajstić information content (AvgIpc) is 4.02. The van der Waals surface area contributed by atoms with Gasteiger partial charge >= 0.3 is 12.2 Å². The zero-order valence-electron chi connectivity index (χ0n) is 32.2. The minimum atomic E-state index is -0.702. The number of H-pyrrole nitrogens is 1. The molecule has 4 atom stereocenters. The van der Waals surface area contributed by atoms with Gasteiger partial charge in [-0.15, -0.1) is 0 Å². The van der Waals surface area contributed by atoms with E-state index in [0.717, 1.165) is 75.7 Å². The normalized spacial score (nSPS) is 19.6. The van der Waals surface area contributed by atoms with Crippen molar-refractivity contribution in [1.29, 1.82) is 0 Å². The number of carbonyl (C=O) groups excluding carboxylic acids is 4. The van der Waals surface area contributed by atoms with Crippen LogP contribution in [0.4, 0.5) is 9.59 Å². The van der Waals surface area contributed by atoms with Gasteiger partial charge in [-0.2, -0.15) is 0 Å². The second-order valence-electron chi connectivity index (χ2n) is 15.3. The Labute approximate surface area is 319 Å². The molecule has 2 aromatic carbocycles. The molecule has 3 aliphatic rings. The van der Waals surface area contributed by atoms with E-state index in [-0.39, 0.29) is 35.7 Å². The fourth-order valence-electron chi connectivity index (χ4n) is 8.07. The molecule has 0 unspecified atom stereocenters. The van der Waals surface area contributed by atoms with Crippen LogP contribution in [0.2, 0.25) is 0 Å². The summed E-state index contributed by atoms with van der Waals surface area (Å²) in [6, 6.07) is 10.6. The zero-order valence-corrected chi connectivity index (χ0v) is 32.2. The Morgan fingerprint density at radius 1 is 0.800 bits per heavy atom. The van der Waals surface area contributed by atoms with Crippen molar-refractivity contribution in [1.82, 2.24) is 30.4 Å². The highest BCUT2D eigenvalue weighted by atomic mass is 16.5. The second-order valence-corrected chi connectivity index (χ2v) is 15.3. The number of aromatic nitrogens is 2. The van der Waals surface area contributed by atoms with Gasteiger partial charge in [-0.25, -0.2) is 14.6 Å². The number of allylic oxidation sites excluding steroid dienone is 1. The zero-order chi connectivity index (χ0) is 39.0. The number of hydrogen-bond acceptors (Lipinski definition) is 9. The van der Waals surface area contributed by atoms with Crippen molar-refractivity contribution in [2.45, 2.75) is 84.0 Å². The van der Waals surface area contributed by atoms with E-state index in [9.17, 15) is 19.2 Å². The maximum atomic E-state index is 13.6. The molecule has 0 bridgehead atoms. The number of alkyl carbamates (subject to hydrolysis) is 2. The maximum Gasteiger partial charge on any atom is 0.407 e. The number of likely N-dealkylation sites (tertiary alicyclic amines) is 2. The first-order valence-corrected chi connectivity index (χ1v) is 19.0. The number of ether oxygens (including phenoxy) is 2. The van der Waals surface area contributed by atoms with Crippen LogP contribution in [0.15, 0.2) is 58.2 Å². The summed E-state index contributed by atoms with van der Waals surface area (Å²) >= 11 is 0. The molecule has 14 nitrogen and oxygen atoms in total. The Bertz CT molecular complexity index is 2180. The number of carbonyl (C=O) groups is 4. The number of nitrogens with zero attached hydrogens (tertiary/aromatic N) is 4. The number of hydrogen-bond donors (Lipinski definition) is 3. The molecule has 14 heteroatoms. The van der Waals surface area contributed by atoms with Gasteiger partial charge in [0, 0.05) is 47.8 Å². The van der Waals surface area contributed by atoms with Gasteiger partial charge in [0.25, 0.3) is 0 Å². The van der Waals surface area contributed by atoms with Gasteiger partial charge in [-0.05, 0) is 72.9 Å². The third-order valence-corrected chi connectivity index (χ3v) is 11.1. The molecule has 2 fully saturated rings. The molecule has 3 aliphatic heterocycles. The number of aromatic amines is 1. The molecule has 4 amide bonds. The highest BCUT2D eigenvalue weighted by Crippen LogP contribution is 2.37. The molecule has 0 aliphatic carbocycles. The van der Waals surface area contributed by atoms with E-state index in [2.05, 4.69) is 33.8 Å². The molecule has 5 heterocycles. The minimum Gasteiger partial charge on any atom is -0.456 e. The predicted octanol–water partition coefficient (Wildman–Crippen LogP) is 6.58. The summed E-state index contributed by atoms with van der Waals surface area (Å²) in [7, 11) is 2.58. The number of furan rings is 1. The van der Waals surface area contributed by atoms with Gasteiger partial charge in [-0.3, -0.25) is 14.6 Å². The highest BCUT2D eigenvalue weighted by molar-refractivity contribution is 6.08. The highest BCUT2D eigenvalue weighted by Gasteiger charge is 2.39. The van der Waals surface area contributed by atoms with Crippen molar-refractivity contribution >= 4 is 57.2 Å². The van der Waals surface area contributed by atoms with Gasteiger partial charge in [0.15, 0.2) is 0 Å². The van der Waals surface area contributed by atoms with Crippen molar-refractivity contribution in [3.8, 4) is 11.3 Å². The number of imidazole rings is 1. The first-order chi connectivity index (χ1) is 26.5. The van der Waals surface area contributed by atoms with Crippen LogP contribution in [0.3, 0.4) is 0 Å². The van der Waals surface area contributed by atoms with E-state index >= 15 is 0 Å². The summed E-state index contributed by atoms with van der Waals surface area (Å²) in [6.07, 6.45) is 6.33. The molecule has 0 saturated carbocycles. The molecular formula is C41H49N7O7. The van der Waals surface area contributed by atoms with E-state index in [1.54, 1.807) is 11.1 Å². The van der Waals surface area contributed by atoms with Gasteiger partial charge in [-0.1, -0.05) is 39.8 Å². The maximum absolute atomic E-state index is 13.6. The van der Waals surface area contributed by atoms with Crippen LogP contribution in [0.1, 0.15) is 77.2 Å². The first-order valence-electron chi connectivity index (χ1n) is 19.0. The van der Waals surface area contributed by atoms with Crippen LogP contribution in [-0.2, 0) is 19.1 Å². The molecule has 3 N–H and O–H groups in total. The number of benzene rings is 2. The van der Waals surface area contributed by atoms with Crippen LogP contribution in [0.25, 0.3) is 38.8 Å². The Morgan fingerprint density at radius 2 is 1.35 bits per heavy atom.